The fraction of sp³-hybridized carbons (Fsp3) is 0.467. The molecule has 1 atom stereocenters. The minimum absolute atomic E-state index is 0.685. The highest BCUT2D eigenvalue weighted by atomic mass is 15.2. The predicted octanol–water partition coefficient (Wildman–Crippen LogP) is 3.18. The standard InChI is InChI=1S/C15H18N2/c1-2-6-13-12(5-1)11-15-14(7-10-17(13)15)16-8-3-4-9-16/h1-2,5-6,11,14H,3-4,7-10H2. The molecule has 2 aromatic rings. The highest BCUT2D eigenvalue weighted by Crippen LogP contribution is 2.37. The van der Waals surface area contributed by atoms with Crippen LogP contribution in [-0.4, -0.2) is 22.6 Å². The molecule has 3 heterocycles. The van der Waals surface area contributed by atoms with Crippen molar-refractivity contribution in [2.24, 2.45) is 0 Å². The molecule has 1 aromatic heterocycles. The number of hydrogen-bond acceptors (Lipinski definition) is 1. The van der Waals surface area contributed by atoms with E-state index in [0.717, 1.165) is 0 Å². The molecule has 2 nitrogen and oxygen atoms in total. The van der Waals surface area contributed by atoms with E-state index in [4.69, 9.17) is 0 Å². The van der Waals surface area contributed by atoms with Gasteiger partial charge < -0.3 is 4.57 Å². The van der Waals surface area contributed by atoms with Crippen molar-refractivity contribution in [2.75, 3.05) is 13.1 Å². The van der Waals surface area contributed by atoms with Gasteiger partial charge in [-0.2, -0.15) is 0 Å². The van der Waals surface area contributed by atoms with E-state index in [9.17, 15) is 0 Å². The van der Waals surface area contributed by atoms with Crippen LogP contribution in [0.2, 0.25) is 0 Å². The Bertz CT molecular complexity index is 549. The quantitative estimate of drug-likeness (QED) is 0.725. The van der Waals surface area contributed by atoms with Gasteiger partial charge in [0.15, 0.2) is 0 Å². The minimum atomic E-state index is 0.685. The van der Waals surface area contributed by atoms with Gasteiger partial charge in [-0.1, -0.05) is 18.2 Å². The summed E-state index contributed by atoms with van der Waals surface area (Å²) >= 11 is 0. The first-order chi connectivity index (χ1) is 8.43. The molecule has 2 aliphatic heterocycles. The lowest BCUT2D eigenvalue weighted by Gasteiger charge is -2.22. The lowest BCUT2D eigenvalue weighted by atomic mass is 10.1. The van der Waals surface area contributed by atoms with Crippen LogP contribution < -0.4 is 0 Å². The second kappa shape index (κ2) is 3.61. The van der Waals surface area contributed by atoms with Gasteiger partial charge in [0.1, 0.15) is 0 Å². The van der Waals surface area contributed by atoms with Crippen molar-refractivity contribution in [2.45, 2.75) is 31.8 Å². The summed E-state index contributed by atoms with van der Waals surface area (Å²) in [5.41, 5.74) is 2.97. The largest absolute Gasteiger partial charge is 0.343 e. The number of fused-ring (bicyclic) bond motifs is 3. The molecular formula is C15H18N2. The molecule has 0 amide bonds. The van der Waals surface area contributed by atoms with Gasteiger partial charge in [0.2, 0.25) is 0 Å². The Labute approximate surface area is 102 Å². The van der Waals surface area contributed by atoms with Crippen LogP contribution in [-0.2, 0) is 6.54 Å². The van der Waals surface area contributed by atoms with E-state index in [1.165, 1.54) is 49.8 Å². The van der Waals surface area contributed by atoms with Gasteiger partial charge in [0.25, 0.3) is 0 Å². The maximum absolute atomic E-state index is 2.68. The number of likely N-dealkylation sites (tertiary alicyclic amines) is 1. The summed E-state index contributed by atoms with van der Waals surface area (Å²) < 4.78 is 2.53. The molecule has 0 N–H and O–H groups in total. The van der Waals surface area contributed by atoms with Crippen LogP contribution >= 0.6 is 0 Å². The Morgan fingerprint density at radius 2 is 1.82 bits per heavy atom. The number of para-hydroxylation sites is 1. The molecule has 1 aromatic carbocycles. The summed E-state index contributed by atoms with van der Waals surface area (Å²) in [6.07, 6.45) is 4.08. The number of aryl methyl sites for hydroxylation is 1. The van der Waals surface area contributed by atoms with E-state index in [0.29, 0.717) is 6.04 Å². The first kappa shape index (κ1) is 9.72. The predicted molar refractivity (Wildman–Crippen MR) is 70.1 cm³/mol. The molecule has 17 heavy (non-hydrogen) atoms. The van der Waals surface area contributed by atoms with Gasteiger partial charge in [0.05, 0.1) is 6.04 Å². The average Bonchev–Trinajstić information content (AvgIpc) is 3.04. The third-order valence-corrected chi connectivity index (χ3v) is 4.39. The summed E-state index contributed by atoms with van der Waals surface area (Å²) in [6, 6.07) is 11.9. The van der Waals surface area contributed by atoms with Crippen LogP contribution in [0.4, 0.5) is 0 Å². The van der Waals surface area contributed by atoms with E-state index in [1.807, 2.05) is 0 Å². The SMILES string of the molecule is c1ccc2c(c1)cc1n2CCC1N1CCCC1. The molecule has 1 unspecified atom stereocenters. The molecule has 0 saturated carbocycles. The Balaban J connectivity index is 1.81. The molecule has 2 aliphatic rings. The lowest BCUT2D eigenvalue weighted by Crippen LogP contribution is -2.23. The first-order valence-electron chi connectivity index (χ1n) is 6.76. The summed E-state index contributed by atoms with van der Waals surface area (Å²) in [4.78, 5) is 2.68. The number of hydrogen-bond donors (Lipinski definition) is 0. The maximum atomic E-state index is 2.68. The lowest BCUT2D eigenvalue weighted by molar-refractivity contribution is 0.245. The Morgan fingerprint density at radius 1 is 1.00 bits per heavy atom. The third kappa shape index (κ3) is 1.37. The number of nitrogens with zero attached hydrogens (tertiary/aromatic N) is 2. The molecule has 1 fully saturated rings. The van der Waals surface area contributed by atoms with Gasteiger partial charge in [-0.05, 0) is 49.9 Å². The summed E-state index contributed by atoms with van der Waals surface area (Å²) in [5, 5.41) is 1.41. The van der Waals surface area contributed by atoms with Crippen LogP contribution in [0.3, 0.4) is 0 Å². The fourth-order valence-corrected chi connectivity index (χ4v) is 3.58. The second-order valence-corrected chi connectivity index (χ2v) is 5.33. The monoisotopic (exact) mass is 226 g/mol. The Morgan fingerprint density at radius 3 is 2.71 bits per heavy atom. The van der Waals surface area contributed by atoms with Gasteiger partial charge in [-0.25, -0.2) is 0 Å². The fourth-order valence-electron chi connectivity index (χ4n) is 3.58. The van der Waals surface area contributed by atoms with Crippen LogP contribution in [0.15, 0.2) is 30.3 Å². The zero-order valence-electron chi connectivity index (χ0n) is 10.1. The van der Waals surface area contributed by atoms with Crippen molar-refractivity contribution in [1.29, 1.82) is 0 Å². The summed E-state index contributed by atoms with van der Waals surface area (Å²) in [5.74, 6) is 0. The zero-order valence-corrected chi connectivity index (χ0v) is 10.1. The first-order valence-corrected chi connectivity index (χ1v) is 6.76. The third-order valence-electron chi connectivity index (χ3n) is 4.39. The number of benzene rings is 1. The van der Waals surface area contributed by atoms with E-state index in [-0.39, 0.29) is 0 Å². The summed E-state index contributed by atoms with van der Waals surface area (Å²) in [6.45, 7) is 3.79. The molecule has 0 spiro atoms. The topological polar surface area (TPSA) is 8.17 Å². The van der Waals surface area contributed by atoms with Crippen LogP contribution in [0, 0.1) is 0 Å². The molecule has 2 heteroatoms. The summed E-state index contributed by atoms with van der Waals surface area (Å²) in [7, 11) is 0. The molecule has 1 saturated heterocycles. The van der Waals surface area contributed by atoms with E-state index in [2.05, 4.69) is 39.8 Å². The smallest absolute Gasteiger partial charge is 0.0517 e. The molecule has 0 aliphatic carbocycles. The van der Waals surface area contributed by atoms with Crippen molar-refractivity contribution in [1.82, 2.24) is 9.47 Å². The van der Waals surface area contributed by atoms with Crippen molar-refractivity contribution in [3.63, 3.8) is 0 Å². The number of aromatic nitrogens is 1. The van der Waals surface area contributed by atoms with Gasteiger partial charge in [-0.3, -0.25) is 4.90 Å². The number of rotatable bonds is 1. The van der Waals surface area contributed by atoms with Gasteiger partial charge in [0, 0.05) is 17.8 Å². The highest BCUT2D eigenvalue weighted by Gasteiger charge is 2.30. The Kier molecular flexibility index (Phi) is 2.06. The maximum Gasteiger partial charge on any atom is 0.0517 e. The van der Waals surface area contributed by atoms with Crippen LogP contribution in [0.1, 0.15) is 31.0 Å². The van der Waals surface area contributed by atoms with E-state index >= 15 is 0 Å². The van der Waals surface area contributed by atoms with Crippen molar-refractivity contribution >= 4 is 10.9 Å². The Hall–Kier alpha value is -1.28. The van der Waals surface area contributed by atoms with Crippen LogP contribution in [0.5, 0.6) is 0 Å². The zero-order chi connectivity index (χ0) is 11.2. The van der Waals surface area contributed by atoms with Crippen molar-refractivity contribution < 1.29 is 0 Å². The van der Waals surface area contributed by atoms with Gasteiger partial charge >= 0.3 is 0 Å². The van der Waals surface area contributed by atoms with E-state index < -0.39 is 0 Å². The molecule has 88 valence electrons. The molecular weight excluding hydrogens is 208 g/mol. The normalized spacial score (nSPS) is 24.6. The molecule has 0 bridgehead atoms. The molecule has 4 rings (SSSR count). The van der Waals surface area contributed by atoms with Crippen molar-refractivity contribution in [3.8, 4) is 0 Å². The van der Waals surface area contributed by atoms with Gasteiger partial charge in [-0.15, -0.1) is 0 Å². The van der Waals surface area contributed by atoms with Crippen molar-refractivity contribution in [3.05, 3.63) is 36.0 Å². The van der Waals surface area contributed by atoms with Crippen LogP contribution in [0.25, 0.3) is 10.9 Å². The minimum Gasteiger partial charge on any atom is -0.343 e. The molecule has 0 radical (unpaired) electrons. The highest BCUT2D eigenvalue weighted by molar-refractivity contribution is 5.81. The average molecular weight is 226 g/mol. The van der Waals surface area contributed by atoms with E-state index in [1.54, 1.807) is 5.69 Å². The second-order valence-electron chi connectivity index (χ2n) is 5.33.